The molecule has 0 spiro atoms. The number of carbonyl (C=O) groups excluding carboxylic acids is 3. The first kappa shape index (κ1) is 20.9. The first-order valence-corrected chi connectivity index (χ1v) is 9.10. The molecular weight excluding hydrogens is 350 g/mol. The molecule has 3 N–H and O–H groups in total. The van der Waals surface area contributed by atoms with E-state index in [1.165, 1.54) is 12.0 Å². The Morgan fingerprint density at radius 3 is 2.63 bits per heavy atom. The summed E-state index contributed by atoms with van der Waals surface area (Å²) < 4.78 is 4.77. The number of nitrogens with one attached hydrogen (secondary N) is 2. The van der Waals surface area contributed by atoms with Crippen LogP contribution < -0.4 is 10.8 Å². The summed E-state index contributed by atoms with van der Waals surface area (Å²) in [5.74, 6) is -1.29. The van der Waals surface area contributed by atoms with Crippen molar-refractivity contribution in [2.45, 2.75) is 50.7 Å². The zero-order valence-electron chi connectivity index (χ0n) is 15.7. The van der Waals surface area contributed by atoms with Gasteiger partial charge < -0.3 is 9.64 Å². The van der Waals surface area contributed by atoms with Crippen LogP contribution in [0.4, 0.5) is 0 Å². The molecule has 0 bridgehead atoms. The molecule has 1 aromatic rings. The van der Waals surface area contributed by atoms with E-state index >= 15 is 0 Å². The van der Waals surface area contributed by atoms with E-state index in [0.717, 1.165) is 12.0 Å². The molecule has 2 amide bonds. The minimum Gasteiger partial charge on any atom is -0.467 e. The van der Waals surface area contributed by atoms with Gasteiger partial charge in [0, 0.05) is 6.54 Å². The molecule has 8 nitrogen and oxygen atoms in total. The number of esters is 1. The Kier molecular flexibility index (Phi) is 7.75. The maximum absolute atomic E-state index is 12.8. The minimum absolute atomic E-state index is 0.265. The number of rotatable bonds is 8. The lowest BCUT2D eigenvalue weighted by atomic mass is 10.0. The summed E-state index contributed by atoms with van der Waals surface area (Å²) in [7, 11) is 1.30. The van der Waals surface area contributed by atoms with E-state index in [1.54, 1.807) is 12.4 Å². The van der Waals surface area contributed by atoms with Crippen molar-refractivity contribution in [1.82, 2.24) is 15.7 Å². The standard InChI is InChI=1S/C19H27N3O5/c1-13(18(24)22-12-6-9-16(22)19(25)27-2)20-15(17(23)21-26)11-10-14-7-4-3-5-8-14/h3-5,7-8,13,15-16,20,26H,6,9-12H2,1-2H3,(H,21,23)/t13-,15?,16-/m0/s1. The molecule has 1 saturated heterocycles. The fourth-order valence-electron chi connectivity index (χ4n) is 3.36. The predicted molar refractivity (Wildman–Crippen MR) is 97.8 cm³/mol. The van der Waals surface area contributed by atoms with Crippen LogP contribution in [0.5, 0.6) is 0 Å². The normalized spacial score (nSPS) is 18.6. The largest absolute Gasteiger partial charge is 0.467 e. The van der Waals surface area contributed by atoms with Crippen molar-refractivity contribution in [3.63, 3.8) is 0 Å². The van der Waals surface area contributed by atoms with Crippen molar-refractivity contribution >= 4 is 17.8 Å². The van der Waals surface area contributed by atoms with E-state index in [2.05, 4.69) is 5.32 Å². The first-order chi connectivity index (χ1) is 13.0. The Bertz CT molecular complexity index is 652. The van der Waals surface area contributed by atoms with Crippen molar-refractivity contribution in [2.24, 2.45) is 0 Å². The maximum atomic E-state index is 12.8. The van der Waals surface area contributed by atoms with Crippen LogP contribution in [0, 0.1) is 0 Å². The smallest absolute Gasteiger partial charge is 0.328 e. The molecule has 0 saturated carbocycles. The number of methoxy groups -OCH3 is 1. The van der Waals surface area contributed by atoms with Gasteiger partial charge in [-0.25, -0.2) is 10.3 Å². The number of likely N-dealkylation sites (tertiary alicyclic amines) is 1. The van der Waals surface area contributed by atoms with Crippen molar-refractivity contribution in [3.05, 3.63) is 35.9 Å². The third-order valence-electron chi connectivity index (χ3n) is 4.82. The van der Waals surface area contributed by atoms with Crippen LogP contribution in [0.15, 0.2) is 30.3 Å². The first-order valence-electron chi connectivity index (χ1n) is 9.10. The van der Waals surface area contributed by atoms with E-state index in [-0.39, 0.29) is 5.91 Å². The second kappa shape index (κ2) is 10.0. The van der Waals surface area contributed by atoms with Crippen LogP contribution in [-0.4, -0.2) is 59.7 Å². The number of aryl methyl sites for hydroxylation is 1. The Hall–Kier alpha value is -2.45. The molecule has 8 heteroatoms. The van der Waals surface area contributed by atoms with Crippen LogP contribution in [-0.2, 0) is 25.5 Å². The fraction of sp³-hybridized carbons (Fsp3) is 0.526. The molecule has 0 aromatic heterocycles. The predicted octanol–water partition coefficient (Wildman–Crippen LogP) is 0.635. The lowest BCUT2D eigenvalue weighted by molar-refractivity contribution is -0.151. The molecule has 3 atom stereocenters. The van der Waals surface area contributed by atoms with E-state index in [4.69, 9.17) is 9.94 Å². The molecule has 1 unspecified atom stereocenters. The van der Waals surface area contributed by atoms with Gasteiger partial charge in [-0.15, -0.1) is 0 Å². The average molecular weight is 377 g/mol. The SMILES string of the molecule is COC(=O)[C@@H]1CCCN1C(=O)[C@H](C)NC(CCc1ccccc1)C(=O)NO. The van der Waals surface area contributed by atoms with E-state index in [1.807, 2.05) is 30.3 Å². The van der Waals surface area contributed by atoms with Gasteiger partial charge in [0.05, 0.1) is 19.2 Å². The van der Waals surface area contributed by atoms with Crippen LogP contribution in [0.3, 0.4) is 0 Å². The topological polar surface area (TPSA) is 108 Å². The zero-order valence-corrected chi connectivity index (χ0v) is 15.7. The van der Waals surface area contributed by atoms with Gasteiger partial charge in [-0.3, -0.25) is 20.1 Å². The summed E-state index contributed by atoms with van der Waals surface area (Å²) in [6, 6.07) is 7.63. The zero-order chi connectivity index (χ0) is 19.8. The molecule has 1 heterocycles. The Morgan fingerprint density at radius 1 is 1.30 bits per heavy atom. The number of nitrogens with zero attached hydrogens (tertiary/aromatic N) is 1. The molecule has 2 rings (SSSR count). The van der Waals surface area contributed by atoms with Crippen molar-refractivity contribution in [1.29, 1.82) is 0 Å². The molecule has 0 radical (unpaired) electrons. The Labute approximate surface area is 158 Å². The van der Waals surface area contributed by atoms with E-state index < -0.39 is 30.0 Å². The van der Waals surface area contributed by atoms with Crippen LogP contribution in [0.1, 0.15) is 31.7 Å². The molecule has 0 aliphatic carbocycles. The Balaban J connectivity index is 1.99. The van der Waals surface area contributed by atoms with Gasteiger partial charge in [0.15, 0.2) is 0 Å². The summed E-state index contributed by atoms with van der Waals surface area (Å²) in [6.07, 6.45) is 2.32. The van der Waals surface area contributed by atoms with Gasteiger partial charge in [-0.1, -0.05) is 30.3 Å². The highest BCUT2D eigenvalue weighted by Gasteiger charge is 2.37. The van der Waals surface area contributed by atoms with Gasteiger partial charge >= 0.3 is 5.97 Å². The van der Waals surface area contributed by atoms with Crippen LogP contribution in [0.2, 0.25) is 0 Å². The second-order valence-corrected chi connectivity index (χ2v) is 6.65. The lowest BCUT2D eigenvalue weighted by Gasteiger charge is -2.28. The Morgan fingerprint density at radius 2 is 2.00 bits per heavy atom. The van der Waals surface area contributed by atoms with Gasteiger partial charge in [0.1, 0.15) is 6.04 Å². The number of hydrogen-bond acceptors (Lipinski definition) is 6. The number of hydrogen-bond donors (Lipinski definition) is 3. The van der Waals surface area contributed by atoms with E-state index in [9.17, 15) is 14.4 Å². The summed E-state index contributed by atoms with van der Waals surface area (Å²) in [5.41, 5.74) is 2.71. The van der Waals surface area contributed by atoms with E-state index in [0.29, 0.717) is 25.8 Å². The number of carbonyl (C=O) groups is 3. The van der Waals surface area contributed by atoms with Crippen LogP contribution in [0.25, 0.3) is 0 Å². The molecule has 27 heavy (non-hydrogen) atoms. The van der Waals surface area contributed by atoms with Crippen LogP contribution >= 0.6 is 0 Å². The minimum atomic E-state index is -0.742. The van der Waals surface area contributed by atoms with Gasteiger partial charge in [0.2, 0.25) is 5.91 Å². The van der Waals surface area contributed by atoms with Gasteiger partial charge in [-0.2, -0.15) is 0 Å². The number of ether oxygens (including phenoxy) is 1. The van der Waals surface area contributed by atoms with Crippen molar-refractivity contribution in [3.8, 4) is 0 Å². The molecule has 1 aromatic carbocycles. The van der Waals surface area contributed by atoms with Gasteiger partial charge in [-0.05, 0) is 38.2 Å². The number of amides is 2. The van der Waals surface area contributed by atoms with Crippen molar-refractivity contribution < 1.29 is 24.3 Å². The molecule has 1 aliphatic heterocycles. The van der Waals surface area contributed by atoms with Crippen molar-refractivity contribution in [2.75, 3.05) is 13.7 Å². The highest BCUT2D eigenvalue weighted by Crippen LogP contribution is 2.19. The second-order valence-electron chi connectivity index (χ2n) is 6.65. The summed E-state index contributed by atoms with van der Waals surface area (Å²) >= 11 is 0. The summed E-state index contributed by atoms with van der Waals surface area (Å²) in [6.45, 7) is 2.13. The van der Waals surface area contributed by atoms with Gasteiger partial charge in [0.25, 0.3) is 5.91 Å². The highest BCUT2D eigenvalue weighted by molar-refractivity contribution is 5.89. The third kappa shape index (κ3) is 5.51. The lowest BCUT2D eigenvalue weighted by Crippen LogP contribution is -2.54. The summed E-state index contributed by atoms with van der Waals surface area (Å²) in [4.78, 5) is 38.1. The quantitative estimate of drug-likeness (QED) is 0.349. The number of hydroxylamine groups is 1. The average Bonchev–Trinajstić information content (AvgIpc) is 3.19. The molecule has 1 fully saturated rings. The maximum Gasteiger partial charge on any atom is 0.328 e. The molecule has 1 aliphatic rings. The summed E-state index contributed by atoms with van der Waals surface area (Å²) in [5, 5.41) is 12.0. The highest BCUT2D eigenvalue weighted by atomic mass is 16.5. The third-order valence-corrected chi connectivity index (χ3v) is 4.82. The number of benzene rings is 1. The molecular formula is C19H27N3O5. The monoisotopic (exact) mass is 377 g/mol. The fourth-order valence-corrected chi connectivity index (χ4v) is 3.36. The molecule has 148 valence electrons.